The van der Waals surface area contributed by atoms with E-state index in [2.05, 4.69) is 4.72 Å². The van der Waals surface area contributed by atoms with Crippen molar-refractivity contribution in [3.63, 3.8) is 0 Å². The summed E-state index contributed by atoms with van der Waals surface area (Å²) < 4.78 is 32.3. The quantitative estimate of drug-likeness (QED) is 0.828. The van der Waals surface area contributed by atoms with Crippen molar-refractivity contribution in [1.82, 2.24) is 4.72 Å². The predicted molar refractivity (Wildman–Crippen MR) is 76.9 cm³/mol. The van der Waals surface area contributed by atoms with Crippen molar-refractivity contribution in [2.75, 3.05) is 19.8 Å². The number of rotatable bonds is 6. The maximum atomic E-state index is 12.3. The van der Waals surface area contributed by atoms with Crippen molar-refractivity contribution in [3.8, 4) is 0 Å². The zero-order valence-electron chi connectivity index (χ0n) is 11.8. The number of aromatic carboxylic acids is 1. The van der Waals surface area contributed by atoms with Gasteiger partial charge in [0.25, 0.3) is 0 Å². The Bertz CT molecular complexity index is 620. The number of benzene rings is 1. The van der Waals surface area contributed by atoms with E-state index in [-0.39, 0.29) is 10.5 Å². The first-order valence-corrected chi connectivity index (χ1v) is 8.30. The van der Waals surface area contributed by atoms with Crippen LogP contribution < -0.4 is 4.72 Å². The van der Waals surface area contributed by atoms with E-state index in [1.54, 1.807) is 6.92 Å². The van der Waals surface area contributed by atoms with Gasteiger partial charge in [0.1, 0.15) is 0 Å². The van der Waals surface area contributed by atoms with Crippen molar-refractivity contribution >= 4 is 16.0 Å². The molecule has 1 saturated heterocycles. The van der Waals surface area contributed by atoms with Gasteiger partial charge in [-0.05, 0) is 43.4 Å². The third-order valence-corrected chi connectivity index (χ3v) is 5.20. The van der Waals surface area contributed by atoms with Crippen LogP contribution in [0.15, 0.2) is 23.1 Å². The number of sulfonamides is 1. The summed E-state index contributed by atoms with van der Waals surface area (Å²) in [4.78, 5) is 11.0. The molecule has 1 aromatic rings. The van der Waals surface area contributed by atoms with Gasteiger partial charge >= 0.3 is 5.97 Å². The number of nitrogens with one attached hydrogen (secondary N) is 1. The molecule has 0 spiro atoms. The van der Waals surface area contributed by atoms with Gasteiger partial charge in [-0.3, -0.25) is 0 Å². The van der Waals surface area contributed by atoms with E-state index in [1.807, 2.05) is 0 Å². The molecule has 2 rings (SSSR count). The Hall–Kier alpha value is -1.44. The Morgan fingerprint density at radius 3 is 2.86 bits per heavy atom. The summed E-state index contributed by atoms with van der Waals surface area (Å²) >= 11 is 0. The highest BCUT2D eigenvalue weighted by Gasteiger charge is 2.20. The van der Waals surface area contributed by atoms with Crippen LogP contribution in [-0.4, -0.2) is 39.3 Å². The fourth-order valence-corrected chi connectivity index (χ4v) is 3.62. The molecule has 21 heavy (non-hydrogen) atoms. The monoisotopic (exact) mass is 313 g/mol. The molecule has 1 fully saturated rings. The first kappa shape index (κ1) is 15.9. The second-order valence-corrected chi connectivity index (χ2v) is 6.94. The first-order valence-electron chi connectivity index (χ1n) is 6.81. The van der Waals surface area contributed by atoms with Gasteiger partial charge in [0.05, 0.1) is 10.5 Å². The molecular formula is C14H19NO5S. The van der Waals surface area contributed by atoms with Crippen LogP contribution in [0.1, 0.15) is 28.8 Å². The van der Waals surface area contributed by atoms with Gasteiger partial charge in [0.15, 0.2) is 0 Å². The molecule has 7 heteroatoms. The molecule has 0 radical (unpaired) electrons. The number of hydrogen-bond acceptors (Lipinski definition) is 4. The van der Waals surface area contributed by atoms with E-state index in [4.69, 9.17) is 9.84 Å². The van der Waals surface area contributed by atoms with Crippen LogP contribution in [0.5, 0.6) is 0 Å². The number of carbonyl (C=O) groups is 1. The number of aryl methyl sites for hydroxylation is 1. The molecule has 6 nitrogen and oxygen atoms in total. The fraction of sp³-hybridized carbons (Fsp3) is 0.500. The minimum absolute atomic E-state index is 0.0186. The third kappa shape index (κ3) is 4.03. The fourth-order valence-electron chi connectivity index (χ4n) is 2.31. The van der Waals surface area contributed by atoms with E-state index < -0.39 is 16.0 Å². The lowest BCUT2D eigenvalue weighted by Gasteiger charge is -2.12. The van der Waals surface area contributed by atoms with Crippen LogP contribution in [0.3, 0.4) is 0 Å². The Labute approximate surface area is 124 Å². The normalized spacial score (nSPS) is 18.8. The molecule has 116 valence electrons. The average Bonchev–Trinajstić information content (AvgIpc) is 2.91. The third-order valence-electron chi connectivity index (χ3n) is 3.59. The van der Waals surface area contributed by atoms with Gasteiger partial charge in [0, 0.05) is 19.8 Å². The van der Waals surface area contributed by atoms with Crippen LogP contribution in [0.2, 0.25) is 0 Å². The van der Waals surface area contributed by atoms with Crippen LogP contribution >= 0.6 is 0 Å². The molecule has 0 aromatic heterocycles. The highest BCUT2D eigenvalue weighted by molar-refractivity contribution is 7.89. The minimum Gasteiger partial charge on any atom is -0.478 e. The number of hydrogen-bond donors (Lipinski definition) is 2. The Balaban J connectivity index is 2.07. The molecule has 2 N–H and O–H groups in total. The zero-order chi connectivity index (χ0) is 15.5. The van der Waals surface area contributed by atoms with E-state index in [0.29, 0.717) is 24.6 Å². The molecule has 1 aromatic carbocycles. The van der Waals surface area contributed by atoms with Crippen molar-refractivity contribution in [1.29, 1.82) is 0 Å². The first-order chi connectivity index (χ1) is 9.90. The van der Waals surface area contributed by atoms with Gasteiger partial charge in [-0.25, -0.2) is 17.9 Å². The summed E-state index contributed by atoms with van der Waals surface area (Å²) in [5.74, 6) is -0.756. The molecule has 1 aliphatic heterocycles. The molecule has 0 aliphatic carbocycles. The van der Waals surface area contributed by atoms with Gasteiger partial charge in [-0.15, -0.1) is 0 Å². The second kappa shape index (κ2) is 6.55. The molecule has 0 amide bonds. The average molecular weight is 313 g/mol. The molecule has 1 atom stereocenters. The summed E-state index contributed by atoms with van der Waals surface area (Å²) in [5.41, 5.74) is 0.488. The molecule has 0 saturated carbocycles. The van der Waals surface area contributed by atoms with Crippen molar-refractivity contribution in [2.45, 2.75) is 24.7 Å². The maximum Gasteiger partial charge on any atom is 0.335 e. The van der Waals surface area contributed by atoms with Crippen LogP contribution in [0, 0.1) is 12.8 Å². The smallest absolute Gasteiger partial charge is 0.335 e. The lowest BCUT2D eigenvalue weighted by molar-refractivity contribution is 0.0696. The van der Waals surface area contributed by atoms with Crippen LogP contribution in [-0.2, 0) is 14.8 Å². The lowest BCUT2D eigenvalue weighted by Crippen LogP contribution is -2.27. The highest BCUT2D eigenvalue weighted by Crippen LogP contribution is 2.19. The summed E-state index contributed by atoms with van der Waals surface area (Å²) in [7, 11) is -3.69. The topological polar surface area (TPSA) is 92.7 Å². The highest BCUT2D eigenvalue weighted by atomic mass is 32.2. The van der Waals surface area contributed by atoms with Gasteiger partial charge in [-0.2, -0.15) is 0 Å². The predicted octanol–water partition coefficient (Wildman–Crippen LogP) is 1.40. The molecule has 1 unspecified atom stereocenters. The standard InChI is InChI=1S/C14H19NO5S/c1-10-2-3-12(14(16)17)8-13(10)21(18,19)15-6-4-11-5-7-20-9-11/h2-3,8,11,15H,4-7,9H2,1H3,(H,16,17). The summed E-state index contributed by atoms with van der Waals surface area (Å²) in [6, 6.07) is 4.09. The second-order valence-electron chi connectivity index (χ2n) is 5.20. The van der Waals surface area contributed by atoms with E-state index in [9.17, 15) is 13.2 Å². The zero-order valence-corrected chi connectivity index (χ0v) is 12.6. The molecule has 1 heterocycles. The van der Waals surface area contributed by atoms with Gasteiger partial charge in [-0.1, -0.05) is 6.07 Å². The molecule has 0 bridgehead atoms. The number of carboxylic acid groups (broad SMARTS) is 1. The van der Waals surface area contributed by atoms with Gasteiger partial charge in [0.2, 0.25) is 10.0 Å². The van der Waals surface area contributed by atoms with E-state index in [0.717, 1.165) is 19.4 Å². The Morgan fingerprint density at radius 2 is 2.24 bits per heavy atom. The van der Waals surface area contributed by atoms with E-state index >= 15 is 0 Å². The Morgan fingerprint density at radius 1 is 1.48 bits per heavy atom. The molecular weight excluding hydrogens is 294 g/mol. The number of carboxylic acids is 1. The lowest BCUT2D eigenvalue weighted by atomic mass is 10.1. The minimum atomic E-state index is -3.69. The van der Waals surface area contributed by atoms with Crippen molar-refractivity contribution in [2.24, 2.45) is 5.92 Å². The summed E-state index contributed by atoms with van der Waals surface area (Å²) in [6.07, 6.45) is 1.67. The largest absolute Gasteiger partial charge is 0.478 e. The molecule has 1 aliphatic rings. The summed E-state index contributed by atoms with van der Waals surface area (Å²) in [6.45, 7) is 3.38. The Kier molecular flexibility index (Phi) is 4.97. The number of ether oxygens (including phenoxy) is 1. The van der Waals surface area contributed by atoms with E-state index in [1.165, 1.54) is 18.2 Å². The maximum absolute atomic E-state index is 12.3. The summed E-state index contributed by atoms with van der Waals surface area (Å²) in [5, 5.41) is 8.96. The van der Waals surface area contributed by atoms with Crippen molar-refractivity contribution < 1.29 is 23.1 Å². The van der Waals surface area contributed by atoms with Gasteiger partial charge < -0.3 is 9.84 Å². The SMILES string of the molecule is Cc1ccc(C(=O)O)cc1S(=O)(=O)NCCC1CCOC1. The van der Waals surface area contributed by atoms with Crippen LogP contribution in [0.25, 0.3) is 0 Å². The van der Waals surface area contributed by atoms with Crippen LogP contribution in [0.4, 0.5) is 0 Å². The van der Waals surface area contributed by atoms with Crippen molar-refractivity contribution in [3.05, 3.63) is 29.3 Å².